The third kappa shape index (κ3) is 30.8. The maximum atomic E-state index is 12.7. The van der Waals surface area contributed by atoms with Crippen molar-refractivity contribution in [2.75, 3.05) is 19.8 Å². The fraction of sp³-hybridized carbons (Fsp3) is 0.703. The van der Waals surface area contributed by atoms with Gasteiger partial charge in [0.05, 0.1) is 25.4 Å². The summed E-state index contributed by atoms with van der Waals surface area (Å²) >= 11 is 0. The molecule has 0 bridgehead atoms. The quantitative estimate of drug-likeness (QED) is 0.0320. The number of hydrogen-bond acceptors (Lipinski definition) is 6. The van der Waals surface area contributed by atoms with Crippen molar-refractivity contribution in [2.45, 2.75) is 148 Å². The highest BCUT2D eigenvalue weighted by Crippen LogP contribution is 2.43. The fourth-order valence-corrected chi connectivity index (χ4v) is 5.31. The van der Waals surface area contributed by atoms with Crippen LogP contribution in [0.2, 0.25) is 0 Å². The highest BCUT2D eigenvalue weighted by atomic mass is 31.2. The summed E-state index contributed by atoms with van der Waals surface area (Å²) < 4.78 is 21.9. The molecule has 46 heavy (non-hydrogen) atoms. The Balaban J connectivity index is 4.42. The van der Waals surface area contributed by atoms with E-state index in [9.17, 15) is 19.4 Å². The molecule has 0 saturated heterocycles. The van der Waals surface area contributed by atoms with Gasteiger partial charge in [0.2, 0.25) is 5.91 Å². The molecule has 1 amide bonds. The van der Waals surface area contributed by atoms with Crippen LogP contribution in [0.3, 0.4) is 0 Å². The molecule has 8 nitrogen and oxygen atoms in total. The Hall–Kier alpha value is -1.80. The van der Waals surface area contributed by atoms with Crippen LogP contribution in [-0.2, 0) is 18.4 Å². The van der Waals surface area contributed by atoms with Crippen LogP contribution in [0.4, 0.5) is 0 Å². The maximum Gasteiger partial charge on any atom is 0.472 e. The molecule has 0 saturated carbocycles. The van der Waals surface area contributed by atoms with Gasteiger partial charge in [-0.05, 0) is 70.6 Å². The van der Waals surface area contributed by atoms with Crippen molar-refractivity contribution < 1.29 is 28.4 Å². The van der Waals surface area contributed by atoms with Crippen LogP contribution in [-0.4, -0.2) is 47.8 Å². The number of rotatable bonds is 32. The Morgan fingerprint density at radius 1 is 0.717 bits per heavy atom. The lowest BCUT2D eigenvalue weighted by molar-refractivity contribution is -0.123. The van der Waals surface area contributed by atoms with Crippen LogP contribution in [0.25, 0.3) is 0 Å². The minimum atomic E-state index is -4.35. The van der Waals surface area contributed by atoms with E-state index in [0.29, 0.717) is 6.42 Å². The summed E-state index contributed by atoms with van der Waals surface area (Å²) in [5.74, 6) is -0.228. The Kier molecular flexibility index (Phi) is 31.8. The number of aliphatic hydroxyl groups excluding tert-OH is 1. The molecule has 9 heteroatoms. The lowest BCUT2D eigenvalue weighted by Gasteiger charge is -2.23. The number of nitrogens with two attached hydrogens (primary N) is 1. The van der Waals surface area contributed by atoms with Crippen LogP contribution in [0, 0.1) is 0 Å². The molecule has 5 N–H and O–H groups in total. The topological polar surface area (TPSA) is 131 Å². The first-order valence-electron chi connectivity index (χ1n) is 17.9. The standard InChI is InChI=1S/C37H67N2O6P/c1-3-5-7-9-11-13-15-16-17-18-19-21-23-25-27-29-31-37(41)39-35(34-45-46(42,43)44-33-32-38)36(40)30-28-26-24-22-20-14-12-10-8-6-4-2/h8,10,13,15,17-18,20,22,28,30,35-36,40H,3-7,9,11-12,14,16,19,21,23-27,29,31-34,38H2,1-2H3,(H,39,41)(H,42,43)/b10-8+,15-13-,18-17-,22-20+,30-28+. The average molecular weight is 667 g/mol. The first-order valence-corrected chi connectivity index (χ1v) is 19.4. The Morgan fingerprint density at radius 3 is 1.87 bits per heavy atom. The zero-order chi connectivity index (χ0) is 34.0. The summed E-state index contributed by atoms with van der Waals surface area (Å²) in [6.45, 7) is 3.96. The minimum absolute atomic E-state index is 0.0665. The number of aliphatic hydroxyl groups is 1. The van der Waals surface area contributed by atoms with Gasteiger partial charge in [0.15, 0.2) is 0 Å². The van der Waals surface area contributed by atoms with E-state index >= 15 is 0 Å². The number of amides is 1. The number of allylic oxidation sites excluding steroid dienone is 9. The van der Waals surface area contributed by atoms with Gasteiger partial charge >= 0.3 is 7.82 Å². The van der Waals surface area contributed by atoms with Gasteiger partial charge in [0.25, 0.3) is 0 Å². The van der Waals surface area contributed by atoms with Crippen molar-refractivity contribution in [2.24, 2.45) is 5.73 Å². The largest absolute Gasteiger partial charge is 0.472 e. The zero-order valence-corrected chi connectivity index (χ0v) is 29.9. The lowest BCUT2D eigenvalue weighted by atomic mass is 10.1. The summed E-state index contributed by atoms with van der Waals surface area (Å²) in [6, 6.07) is -0.890. The van der Waals surface area contributed by atoms with E-state index in [1.165, 1.54) is 38.5 Å². The number of unbranched alkanes of at least 4 members (excludes halogenated alkanes) is 12. The van der Waals surface area contributed by atoms with Gasteiger partial charge in [-0.1, -0.05) is 120 Å². The molecule has 266 valence electrons. The molecule has 0 aliphatic rings. The molecule has 0 rings (SSSR count). The van der Waals surface area contributed by atoms with Gasteiger partial charge in [0, 0.05) is 13.0 Å². The maximum absolute atomic E-state index is 12.7. The third-order valence-corrected chi connectivity index (χ3v) is 8.26. The normalized spacial score (nSPS) is 15.2. The van der Waals surface area contributed by atoms with Crippen LogP contribution in [0.5, 0.6) is 0 Å². The molecular formula is C37H67N2O6P. The third-order valence-electron chi connectivity index (χ3n) is 7.27. The van der Waals surface area contributed by atoms with E-state index in [1.54, 1.807) is 6.08 Å². The van der Waals surface area contributed by atoms with E-state index < -0.39 is 20.0 Å². The zero-order valence-electron chi connectivity index (χ0n) is 29.0. The summed E-state index contributed by atoms with van der Waals surface area (Å²) in [5, 5.41) is 13.5. The van der Waals surface area contributed by atoms with Gasteiger partial charge in [-0.25, -0.2) is 4.57 Å². The molecule has 0 radical (unpaired) electrons. The summed E-state index contributed by atoms with van der Waals surface area (Å²) in [4.78, 5) is 22.5. The molecule has 0 aromatic carbocycles. The van der Waals surface area contributed by atoms with Crippen molar-refractivity contribution >= 4 is 13.7 Å². The van der Waals surface area contributed by atoms with E-state index in [0.717, 1.165) is 77.0 Å². The molecule has 3 atom stereocenters. The minimum Gasteiger partial charge on any atom is -0.387 e. The summed E-state index contributed by atoms with van der Waals surface area (Å²) in [6.07, 6.45) is 39.8. The average Bonchev–Trinajstić information content (AvgIpc) is 3.04. The number of nitrogens with one attached hydrogen (secondary N) is 1. The number of phosphoric ester groups is 1. The summed E-state index contributed by atoms with van der Waals surface area (Å²) in [7, 11) is -4.35. The van der Waals surface area contributed by atoms with Gasteiger partial charge < -0.3 is 21.1 Å². The summed E-state index contributed by atoms with van der Waals surface area (Å²) in [5.41, 5.74) is 5.34. The van der Waals surface area contributed by atoms with E-state index in [4.69, 9.17) is 14.8 Å². The number of carbonyl (C=O) groups is 1. The van der Waals surface area contributed by atoms with Gasteiger partial charge in [0.1, 0.15) is 0 Å². The van der Waals surface area contributed by atoms with Crippen molar-refractivity contribution in [1.29, 1.82) is 0 Å². The first-order chi connectivity index (χ1) is 22.4. The molecule has 0 aromatic heterocycles. The molecule has 0 aliphatic carbocycles. The lowest BCUT2D eigenvalue weighted by Crippen LogP contribution is -2.45. The second kappa shape index (κ2) is 33.1. The number of carbonyl (C=O) groups excluding carboxylic acids is 1. The molecule has 0 aliphatic heterocycles. The molecule has 3 unspecified atom stereocenters. The van der Waals surface area contributed by atoms with Crippen LogP contribution >= 0.6 is 7.82 Å². The Morgan fingerprint density at radius 2 is 1.26 bits per heavy atom. The van der Waals surface area contributed by atoms with Crippen molar-refractivity contribution in [3.8, 4) is 0 Å². The van der Waals surface area contributed by atoms with Gasteiger partial charge in [-0.3, -0.25) is 13.8 Å². The molecule has 0 aromatic rings. The Bertz CT molecular complexity index is 902. The van der Waals surface area contributed by atoms with Crippen LogP contribution < -0.4 is 11.1 Å². The van der Waals surface area contributed by atoms with E-state index in [1.807, 2.05) is 6.08 Å². The molecule has 0 heterocycles. The Labute approximate surface area is 281 Å². The predicted molar refractivity (Wildman–Crippen MR) is 193 cm³/mol. The predicted octanol–water partition coefficient (Wildman–Crippen LogP) is 9.16. The van der Waals surface area contributed by atoms with Crippen LogP contribution in [0.15, 0.2) is 60.8 Å². The van der Waals surface area contributed by atoms with Crippen LogP contribution in [0.1, 0.15) is 136 Å². The first kappa shape index (κ1) is 44.2. The number of hydrogen-bond donors (Lipinski definition) is 4. The van der Waals surface area contributed by atoms with Gasteiger partial charge in [-0.2, -0.15) is 0 Å². The van der Waals surface area contributed by atoms with E-state index in [-0.39, 0.29) is 25.7 Å². The van der Waals surface area contributed by atoms with Crippen molar-refractivity contribution in [1.82, 2.24) is 5.32 Å². The molecular weight excluding hydrogens is 599 g/mol. The second-order valence-electron chi connectivity index (χ2n) is 11.7. The fourth-order valence-electron chi connectivity index (χ4n) is 4.55. The van der Waals surface area contributed by atoms with Crippen molar-refractivity contribution in [3.05, 3.63) is 60.8 Å². The van der Waals surface area contributed by atoms with Gasteiger partial charge in [-0.15, -0.1) is 0 Å². The second-order valence-corrected chi connectivity index (χ2v) is 13.2. The molecule has 0 fully saturated rings. The smallest absolute Gasteiger partial charge is 0.387 e. The highest BCUT2D eigenvalue weighted by molar-refractivity contribution is 7.47. The molecule has 0 spiro atoms. The SMILES string of the molecule is CCC/C=C/CC/C=C/CC/C=C/C(O)C(COP(=O)(O)OCCN)NC(=O)CCCCCCC/C=C\C/C=C\CCCCCC. The van der Waals surface area contributed by atoms with E-state index in [2.05, 4.69) is 67.8 Å². The monoisotopic (exact) mass is 666 g/mol. The number of phosphoric acid groups is 1. The van der Waals surface area contributed by atoms with Crippen molar-refractivity contribution in [3.63, 3.8) is 0 Å². The highest BCUT2D eigenvalue weighted by Gasteiger charge is 2.26.